The number of nitrogens with one attached hydrogen (secondary N) is 1. The van der Waals surface area contributed by atoms with Crippen LogP contribution in [0.4, 0.5) is 5.69 Å². The zero-order valence-corrected chi connectivity index (χ0v) is 10.9. The lowest BCUT2D eigenvalue weighted by molar-refractivity contribution is 0.103. The lowest BCUT2D eigenvalue weighted by Crippen LogP contribution is -2.10. The van der Waals surface area contributed by atoms with Gasteiger partial charge in [-0.05, 0) is 41.8 Å². The van der Waals surface area contributed by atoms with Crippen LogP contribution >= 0.6 is 11.3 Å². The predicted molar refractivity (Wildman–Crippen MR) is 78.0 cm³/mol. The molecule has 0 unspecified atom stereocenters. The topological polar surface area (TPSA) is 34.0 Å². The van der Waals surface area contributed by atoms with Crippen LogP contribution in [0.3, 0.4) is 0 Å². The van der Waals surface area contributed by atoms with Gasteiger partial charge in [0.15, 0.2) is 0 Å². The molecule has 0 aliphatic carbocycles. The molecule has 0 aliphatic heterocycles. The van der Waals surface area contributed by atoms with Crippen LogP contribution in [0.5, 0.6) is 0 Å². The molecule has 2 aromatic heterocycles. The van der Waals surface area contributed by atoms with Gasteiger partial charge in [0.25, 0.3) is 5.91 Å². The lowest BCUT2D eigenvalue weighted by Gasteiger charge is -2.07. The highest BCUT2D eigenvalue weighted by Gasteiger charge is 2.07. The molecule has 94 valence electrons. The Morgan fingerprint density at radius 1 is 1.05 bits per heavy atom. The van der Waals surface area contributed by atoms with Gasteiger partial charge in [-0.15, -0.1) is 11.3 Å². The number of hydrogen-bond acceptors (Lipinski definition) is 2. The maximum absolute atomic E-state index is 12.0. The molecule has 2 heterocycles. The first kappa shape index (κ1) is 11.7. The minimum absolute atomic E-state index is 0.0698. The standard InChI is InChI=1S/C15H12N2OS/c18-15(14-7-4-10-19-14)16-12-5-3-6-13(11-12)17-8-1-2-9-17/h1-11H,(H,16,18). The second-order valence-electron chi connectivity index (χ2n) is 4.07. The summed E-state index contributed by atoms with van der Waals surface area (Å²) >= 11 is 1.43. The van der Waals surface area contributed by atoms with Crippen molar-refractivity contribution >= 4 is 22.9 Å². The van der Waals surface area contributed by atoms with E-state index in [1.54, 1.807) is 0 Å². The molecule has 0 saturated carbocycles. The molecule has 1 aromatic carbocycles. The average molecular weight is 268 g/mol. The van der Waals surface area contributed by atoms with Crippen molar-refractivity contribution in [3.05, 3.63) is 71.2 Å². The van der Waals surface area contributed by atoms with Gasteiger partial charge in [-0.3, -0.25) is 4.79 Å². The molecular formula is C15H12N2OS. The highest BCUT2D eigenvalue weighted by molar-refractivity contribution is 7.12. The summed E-state index contributed by atoms with van der Waals surface area (Å²) in [4.78, 5) is 12.7. The summed E-state index contributed by atoms with van der Waals surface area (Å²) in [6.07, 6.45) is 3.94. The summed E-state index contributed by atoms with van der Waals surface area (Å²) in [7, 11) is 0. The summed E-state index contributed by atoms with van der Waals surface area (Å²) in [5.41, 5.74) is 1.82. The van der Waals surface area contributed by atoms with E-state index in [1.807, 2.05) is 70.9 Å². The van der Waals surface area contributed by atoms with Crippen molar-refractivity contribution in [1.29, 1.82) is 0 Å². The molecule has 0 spiro atoms. The van der Waals surface area contributed by atoms with Crippen LogP contribution in [-0.2, 0) is 0 Å². The third-order valence-corrected chi connectivity index (χ3v) is 3.62. The Hall–Kier alpha value is -2.33. The van der Waals surface area contributed by atoms with Crippen molar-refractivity contribution in [3.8, 4) is 5.69 Å². The second-order valence-corrected chi connectivity index (χ2v) is 5.02. The third-order valence-electron chi connectivity index (χ3n) is 2.75. The van der Waals surface area contributed by atoms with Crippen molar-refractivity contribution in [1.82, 2.24) is 4.57 Å². The molecule has 0 aliphatic rings. The summed E-state index contributed by atoms with van der Waals surface area (Å²) < 4.78 is 2.00. The number of amides is 1. The Morgan fingerprint density at radius 3 is 2.63 bits per heavy atom. The van der Waals surface area contributed by atoms with Gasteiger partial charge in [-0.1, -0.05) is 12.1 Å². The molecule has 0 bridgehead atoms. The van der Waals surface area contributed by atoms with Crippen LogP contribution in [-0.4, -0.2) is 10.5 Å². The van der Waals surface area contributed by atoms with Crippen molar-refractivity contribution < 1.29 is 4.79 Å². The van der Waals surface area contributed by atoms with Gasteiger partial charge >= 0.3 is 0 Å². The molecule has 0 atom stereocenters. The summed E-state index contributed by atoms with van der Waals surface area (Å²) in [5.74, 6) is -0.0698. The number of rotatable bonds is 3. The van der Waals surface area contributed by atoms with Crippen LogP contribution < -0.4 is 5.32 Å². The molecule has 3 rings (SSSR count). The SMILES string of the molecule is O=C(Nc1cccc(-n2cccc2)c1)c1cccs1. The number of carbonyl (C=O) groups is 1. The Bertz CT molecular complexity index is 672. The fourth-order valence-corrected chi connectivity index (χ4v) is 2.47. The van der Waals surface area contributed by atoms with Gasteiger partial charge in [0.05, 0.1) is 4.88 Å². The van der Waals surface area contributed by atoms with E-state index in [0.29, 0.717) is 4.88 Å². The first-order chi connectivity index (χ1) is 9.33. The van der Waals surface area contributed by atoms with Crippen LogP contribution in [0.1, 0.15) is 9.67 Å². The molecule has 19 heavy (non-hydrogen) atoms. The van der Waals surface area contributed by atoms with Crippen molar-refractivity contribution in [2.45, 2.75) is 0 Å². The number of nitrogens with zero attached hydrogens (tertiary/aromatic N) is 1. The minimum atomic E-state index is -0.0698. The highest BCUT2D eigenvalue weighted by atomic mass is 32.1. The van der Waals surface area contributed by atoms with Crippen LogP contribution in [0.25, 0.3) is 5.69 Å². The first-order valence-corrected chi connectivity index (χ1v) is 6.79. The molecule has 0 fully saturated rings. The monoisotopic (exact) mass is 268 g/mol. The smallest absolute Gasteiger partial charge is 0.265 e. The predicted octanol–water partition coefficient (Wildman–Crippen LogP) is 3.79. The van der Waals surface area contributed by atoms with E-state index >= 15 is 0 Å². The van der Waals surface area contributed by atoms with Crippen LogP contribution in [0.2, 0.25) is 0 Å². The zero-order valence-electron chi connectivity index (χ0n) is 10.1. The number of anilines is 1. The summed E-state index contributed by atoms with van der Waals surface area (Å²) in [5, 5.41) is 4.80. The molecular weight excluding hydrogens is 256 g/mol. The summed E-state index contributed by atoms with van der Waals surface area (Å²) in [6, 6.07) is 15.4. The van der Waals surface area contributed by atoms with Gasteiger partial charge in [0.2, 0.25) is 0 Å². The number of thiophene rings is 1. The van der Waals surface area contributed by atoms with Crippen LogP contribution in [0, 0.1) is 0 Å². The van der Waals surface area contributed by atoms with Gasteiger partial charge in [0.1, 0.15) is 0 Å². The van der Waals surface area contributed by atoms with Crippen LogP contribution in [0.15, 0.2) is 66.3 Å². The zero-order chi connectivity index (χ0) is 13.1. The maximum atomic E-state index is 12.0. The summed E-state index contributed by atoms with van der Waals surface area (Å²) in [6.45, 7) is 0. The number of hydrogen-bond donors (Lipinski definition) is 1. The highest BCUT2D eigenvalue weighted by Crippen LogP contribution is 2.17. The van der Waals surface area contributed by atoms with E-state index in [-0.39, 0.29) is 5.91 Å². The van der Waals surface area contributed by atoms with Crippen molar-refractivity contribution in [2.75, 3.05) is 5.32 Å². The number of benzene rings is 1. The Balaban J connectivity index is 1.82. The number of aromatic nitrogens is 1. The van der Waals surface area contributed by atoms with Crippen molar-refractivity contribution in [2.24, 2.45) is 0 Å². The molecule has 4 heteroatoms. The molecule has 1 N–H and O–H groups in total. The second kappa shape index (κ2) is 5.12. The molecule has 0 radical (unpaired) electrons. The largest absolute Gasteiger partial charge is 0.324 e. The van der Waals surface area contributed by atoms with E-state index in [1.165, 1.54) is 11.3 Å². The van der Waals surface area contributed by atoms with E-state index in [2.05, 4.69) is 5.32 Å². The Morgan fingerprint density at radius 2 is 1.89 bits per heavy atom. The third kappa shape index (κ3) is 2.58. The quantitative estimate of drug-likeness (QED) is 0.770. The van der Waals surface area contributed by atoms with Gasteiger partial charge in [-0.2, -0.15) is 0 Å². The minimum Gasteiger partial charge on any atom is -0.324 e. The van der Waals surface area contributed by atoms with E-state index in [4.69, 9.17) is 0 Å². The van der Waals surface area contributed by atoms with E-state index in [9.17, 15) is 4.79 Å². The molecule has 0 saturated heterocycles. The maximum Gasteiger partial charge on any atom is 0.265 e. The molecule has 1 amide bonds. The Kier molecular flexibility index (Phi) is 3.16. The van der Waals surface area contributed by atoms with Gasteiger partial charge < -0.3 is 9.88 Å². The van der Waals surface area contributed by atoms with E-state index in [0.717, 1.165) is 11.4 Å². The average Bonchev–Trinajstić information content (AvgIpc) is 3.13. The number of carbonyl (C=O) groups excluding carboxylic acids is 1. The van der Waals surface area contributed by atoms with Gasteiger partial charge in [0, 0.05) is 23.8 Å². The normalized spacial score (nSPS) is 10.3. The molecule has 3 aromatic rings. The van der Waals surface area contributed by atoms with Gasteiger partial charge in [-0.25, -0.2) is 0 Å². The first-order valence-electron chi connectivity index (χ1n) is 5.91. The fourth-order valence-electron chi connectivity index (χ4n) is 1.85. The lowest BCUT2D eigenvalue weighted by atomic mass is 10.2. The fraction of sp³-hybridized carbons (Fsp3) is 0. The molecule has 3 nitrogen and oxygen atoms in total. The Labute approximate surface area is 115 Å². The van der Waals surface area contributed by atoms with Crippen molar-refractivity contribution in [3.63, 3.8) is 0 Å². The van der Waals surface area contributed by atoms with E-state index < -0.39 is 0 Å².